The SMILES string of the molecule is COC1(c2noc([C@@H](O)CN)n2)CCCCCC1. The molecule has 1 atom stereocenters. The van der Waals surface area contributed by atoms with Gasteiger partial charge in [-0.15, -0.1) is 0 Å². The van der Waals surface area contributed by atoms with Crippen molar-refractivity contribution >= 4 is 0 Å². The van der Waals surface area contributed by atoms with E-state index < -0.39 is 11.7 Å². The number of rotatable bonds is 4. The van der Waals surface area contributed by atoms with Gasteiger partial charge >= 0.3 is 0 Å². The van der Waals surface area contributed by atoms with Crippen molar-refractivity contribution in [3.63, 3.8) is 0 Å². The molecule has 2 rings (SSSR count). The van der Waals surface area contributed by atoms with Crippen LogP contribution >= 0.6 is 0 Å². The van der Waals surface area contributed by atoms with Crippen LogP contribution in [0.5, 0.6) is 0 Å². The van der Waals surface area contributed by atoms with Crippen molar-refractivity contribution in [2.75, 3.05) is 13.7 Å². The molecule has 3 N–H and O–H groups in total. The molecule has 1 saturated carbocycles. The number of aromatic nitrogens is 2. The van der Waals surface area contributed by atoms with E-state index in [-0.39, 0.29) is 12.4 Å². The zero-order valence-corrected chi connectivity index (χ0v) is 10.8. The van der Waals surface area contributed by atoms with Gasteiger partial charge in [0.2, 0.25) is 5.82 Å². The predicted molar refractivity (Wildman–Crippen MR) is 64.7 cm³/mol. The zero-order chi connectivity index (χ0) is 13.0. The average molecular weight is 255 g/mol. The van der Waals surface area contributed by atoms with Crippen molar-refractivity contribution in [3.05, 3.63) is 11.7 Å². The minimum atomic E-state index is -0.897. The number of hydrogen-bond acceptors (Lipinski definition) is 6. The summed E-state index contributed by atoms with van der Waals surface area (Å²) in [5.74, 6) is 0.711. The first-order valence-corrected chi connectivity index (χ1v) is 6.49. The smallest absolute Gasteiger partial charge is 0.256 e. The van der Waals surface area contributed by atoms with Gasteiger partial charge in [-0.25, -0.2) is 0 Å². The van der Waals surface area contributed by atoms with E-state index in [1.54, 1.807) is 7.11 Å². The van der Waals surface area contributed by atoms with Gasteiger partial charge in [0.05, 0.1) is 0 Å². The topological polar surface area (TPSA) is 94.4 Å². The Bertz CT molecular complexity index is 372. The highest BCUT2D eigenvalue weighted by atomic mass is 16.5. The standard InChI is InChI=1S/C12H21N3O3/c1-17-12(6-4-2-3-5-7-12)11-14-10(18-15-11)9(16)8-13/h9,16H,2-8,13H2,1H3/t9-/m0/s1. The van der Waals surface area contributed by atoms with Gasteiger partial charge in [-0.2, -0.15) is 4.98 Å². The molecule has 102 valence electrons. The Balaban J connectivity index is 2.23. The van der Waals surface area contributed by atoms with Crippen LogP contribution in [0, 0.1) is 0 Å². The third-order valence-electron chi connectivity index (χ3n) is 3.66. The Morgan fingerprint density at radius 2 is 2.06 bits per heavy atom. The molecule has 0 saturated heterocycles. The van der Waals surface area contributed by atoms with E-state index >= 15 is 0 Å². The summed E-state index contributed by atoms with van der Waals surface area (Å²) in [6.07, 6.45) is 5.49. The third-order valence-corrected chi connectivity index (χ3v) is 3.66. The van der Waals surface area contributed by atoms with E-state index in [2.05, 4.69) is 10.1 Å². The second-order valence-electron chi connectivity index (χ2n) is 4.82. The lowest BCUT2D eigenvalue weighted by atomic mass is 9.93. The van der Waals surface area contributed by atoms with E-state index in [1.807, 2.05) is 0 Å². The summed E-state index contributed by atoms with van der Waals surface area (Å²) in [6.45, 7) is 0.0710. The number of nitrogens with two attached hydrogens (primary N) is 1. The molecule has 0 spiro atoms. The van der Waals surface area contributed by atoms with Crippen LogP contribution in [0.1, 0.15) is 56.3 Å². The van der Waals surface area contributed by atoms with Gasteiger partial charge in [-0.05, 0) is 12.8 Å². The summed E-state index contributed by atoms with van der Waals surface area (Å²) in [7, 11) is 1.68. The Morgan fingerprint density at radius 3 is 2.61 bits per heavy atom. The molecule has 0 unspecified atom stereocenters. The molecule has 0 radical (unpaired) electrons. The van der Waals surface area contributed by atoms with Gasteiger partial charge in [-0.1, -0.05) is 30.8 Å². The molecule has 6 nitrogen and oxygen atoms in total. The van der Waals surface area contributed by atoms with Crippen molar-refractivity contribution < 1.29 is 14.4 Å². The van der Waals surface area contributed by atoms with E-state index in [0.717, 1.165) is 25.7 Å². The molecule has 18 heavy (non-hydrogen) atoms. The predicted octanol–water partition coefficient (Wildman–Crippen LogP) is 1.26. The maximum atomic E-state index is 9.59. The molecule has 0 bridgehead atoms. The average Bonchev–Trinajstić information content (AvgIpc) is 2.78. The summed E-state index contributed by atoms with van der Waals surface area (Å²) in [5.41, 5.74) is 4.91. The molecule has 0 amide bonds. The van der Waals surface area contributed by atoms with E-state index in [9.17, 15) is 5.11 Å². The van der Waals surface area contributed by atoms with Crippen LogP contribution in [0.2, 0.25) is 0 Å². The van der Waals surface area contributed by atoms with Crippen molar-refractivity contribution in [1.29, 1.82) is 0 Å². The second kappa shape index (κ2) is 5.77. The Hall–Kier alpha value is -0.980. The van der Waals surface area contributed by atoms with Crippen LogP contribution in [0.4, 0.5) is 0 Å². The van der Waals surface area contributed by atoms with Gasteiger partial charge in [0.25, 0.3) is 5.89 Å². The van der Waals surface area contributed by atoms with Crippen molar-refractivity contribution in [1.82, 2.24) is 10.1 Å². The fourth-order valence-corrected chi connectivity index (χ4v) is 2.48. The van der Waals surface area contributed by atoms with Crippen LogP contribution in [-0.2, 0) is 10.3 Å². The first-order valence-electron chi connectivity index (χ1n) is 6.49. The minimum absolute atomic E-state index is 0.0710. The summed E-state index contributed by atoms with van der Waals surface area (Å²) in [6, 6.07) is 0. The lowest BCUT2D eigenvalue weighted by Crippen LogP contribution is -2.29. The van der Waals surface area contributed by atoms with Crippen LogP contribution in [0.15, 0.2) is 4.52 Å². The maximum Gasteiger partial charge on any atom is 0.256 e. The van der Waals surface area contributed by atoms with Crippen LogP contribution < -0.4 is 5.73 Å². The number of nitrogens with zero attached hydrogens (tertiary/aromatic N) is 2. The van der Waals surface area contributed by atoms with E-state index in [1.165, 1.54) is 12.8 Å². The molecule has 1 fully saturated rings. The molecule has 1 aromatic heterocycles. The molecule has 1 aromatic rings. The van der Waals surface area contributed by atoms with Gasteiger partial charge in [-0.3, -0.25) is 0 Å². The van der Waals surface area contributed by atoms with Gasteiger partial charge in [0, 0.05) is 13.7 Å². The van der Waals surface area contributed by atoms with Crippen LogP contribution in [0.3, 0.4) is 0 Å². The largest absolute Gasteiger partial charge is 0.382 e. The first kappa shape index (κ1) is 13.5. The molecule has 6 heteroatoms. The van der Waals surface area contributed by atoms with Crippen LogP contribution in [0.25, 0.3) is 0 Å². The minimum Gasteiger partial charge on any atom is -0.382 e. The van der Waals surface area contributed by atoms with E-state index in [4.69, 9.17) is 15.0 Å². The van der Waals surface area contributed by atoms with Crippen LogP contribution in [-0.4, -0.2) is 28.9 Å². The van der Waals surface area contributed by atoms with E-state index in [0.29, 0.717) is 5.82 Å². The molecule has 1 aliphatic carbocycles. The monoisotopic (exact) mass is 255 g/mol. The summed E-state index contributed by atoms with van der Waals surface area (Å²) < 4.78 is 10.7. The number of aliphatic hydroxyl groups is 1. The summed E-state index contributed by atoms with van der Waals surface area (Å²) in [5, 5.41) is 13.6. The Morgan fingerprint density at radius 1 is 1.39 bits per heavy atom. The summed E-state index contributed by atoms with van der Waals surface area (Å²) in [4.78, 5) is 4.26. The van der Waals surface area contributed by atoms with Crippen molar-refractivity contribution in [2.24, 2.45) is 5.73 Å². The highest BCUT2D eigenvalue weighted by molar-refractivity contribution is 5.03. The number of methoxy groups -OCH3 is 1. The molecule has 1 aliphatic rings. The van der Waals surface area contributed by atoms with Gasteiger partial charge < -0.3 is 20.1 Å². The number of aliphatic hydroxyl groups excluding tert-OH is 1. The molecule has 0 aliphatic heterocycles. The van der Waals surface area contributed by atoms with Crippen molar-refractivity contribution in [2.45, 2.75) is 50.2 Å². The highest BCUT2D eigenvalue weighted by Crippen LogP contribution is 2.37. The lowest BCUT2D eigenvalue weighted by Gasteiger charge is -2.27. The van der Waals surface area contributed by atoms with Crippen molar-refractivity contribution in [3.8, 4) is 0 Å². The number of hydrogen-bond donors (Lipinski definition) is 2. The molecule has 0 aromatic carbocycles. The third kappa shape index (κ3) is 2.55. The zero-order valence-electron chi connectivity index (χ0n) is 10.8. The Labute approximate surface area is 107 Å². The summed E-state index contributed by atoms with van der Waals surface area (Å²) >= 11 is 0. The number of ether oxygens (including phenoxy) is 1. The van der Waals surface area contributed by atoms with Gasteiger partial charge in [0.15, 0.2) is 0 Å². The normalized spacial score (nSPS) is 21.5. The Kier molecular flexibility index (Phi) is 4.31. The fraction of sp³-hybridized carbons (Fsp3) is 0.833. The fourth-order valence-electron chi connectivity index (χ4n) is 2.48. The second-order valence-corrected chi connectivity index (χ2v) is 4.82. The first-order chi connectivity index (χ1) is 8.72. The molecule has 1 heterocycles. The highest BCUT2D eigenvalue weighted by Gasteiger charge is 2.38. The molecular weight excluding hydrogens is 234 g/mol. The quantitative estimate of drug-likeness (QED) is 0.786. The molecular formula is C12H21N3O3. The maximum absolute atomic E-state index is 9.59. The van der Waals surface area contributed by atoms with Gasteiger partial charge in [0.1, 0.15) is 11.7 Å². The lowest BCUT2D eigenvalue weighted by molar-refractivity contribution is -0.0365.